The van der Waals surface area contributed by atoms with Gasteiger partial charge in [0.1, 0.15) is 0 Å². The molecule has 0 N–H and O–H groups in total. The fourth-order valence-corrected chi connectivity index (χ4v) is 3.95. The van der Waals surface area contributed by atoms with Crippen molar-refractivity contribution in [1.29, 1.82) is 0 Å². The van der Waals surface area contributed by atoms with Gasteiger partial charge in [-0.2, -0.15) is 0 Å². The van der Waals surface area contributed by atoms with Gasteiger partial charge >= 0.3 is 0 Å². The summed E-state index contributed by atoms with van der Waals surface area (Å²) in [6, 6.07) is 6.55. The molecule has 0 atom stereocenters. The van der Waals surface area contributed by atoms with E-state index < -0.39 is 17.5 Å². The van der Waals surface area contributed by atoms with Gasteiger partial charge in [-0.25, -0.2) is 8.78 Å². The van der Waals surface area contributed by atoms with Crippen LogP contribution >= 0.6 is 24.0 Å². The number of amides is 1. The molecule has 0 spiro atoms. The average molecular weight is 423 g/mol. The number of anilines is 1. The second-order valence-corrected chi connectivity index (χ2v) is 7.25. The molecule has 0 aliphatic carbocycles. The van der Waals surface area contributed by atoms with Crippen LogP contribution in [-0.4, -0.2) is 31.6 Å². The molecule has 0 saturated carbocycles. The number of thioether (sulfide) groups is 1. The highest BCUT2D eigenvalue weighted by molar-refractivity contribution is 8.27. The number of hydrogen-bond donors (Lipinski definition) is 0. The van der Waals surface area contributed by atoms with E-state index in [9.17, 15) is 13.6 Å². The number of benzene rings is 2. The number of nitrogens with zero attached hydrogens (tertiary/aromatic N) is 1. The summed E-state index contributed by atoms with van der Waals surface area (Å²) in [6.45, 7) is 0. The molecule has 1 amide bonds. The van der Waals surface area contributed by atoms with Gasteiger partial charge in [0, 0.05) is 6.07 Å². The Labute approximate surface area is 169 Å². The maximum Gasteiger partial charge on any atom is 0.270 e. The Kier molecular flexibility index (Phi) is 5.85. The van der Waals surface area contributed by atoms with Crippen LogP contribution in [0.2, 0.25) is 0 Å². The fraction of sp³-hybridized carbons (Fsp3) is 0.158. The summed E-state index contributed by atoms with van der Waals surface area (Å²) >= 11 is 6.31. The summed E-state index contributed by atoms with van der Waals surface area (Å²) in [4.78, 5) is 14.3. The van der Waals surface area contributed by atoms with E-state index in [2.05, 4.69) is 0 Å². The molecule has 1 saturated heterocycles. The Hall–Kier alpha value is -2.65. The van der Waals surface area contributed by atoms with Gasteiger partial charge in [0.25, 0.3) is 5.91 Å². The highest BCUT2D eigenvalue weighted by Crippen LogP contribution is 2.41. The molecule has 5 nitrogen and oxygen atoms in total. The molecule has 28 heavy (non-hydrogen) atoms. The molecular formula is C19H15F2NO4S2. The Morgan fingerprint density at radius 3 is 2.18 bits per heavy atom. The summed E-state index contributed by atoms with van der Waals surface area (Å²) in [5.74, 6) is -1.19. The van der Waals surface area contributed by atoms with Gasteiger partial charge in [-0.15, -0.1) is 0 Å². The predicted molar refractivity (Wildman–Crippen MR) is 108 cm³/mol. The van der Waals surface area contributed by atoms with Crippen LogP contribution in [0.15, 0.2) is 35.2 Å². The summed E-state index contributed by atoms with van der Waals surface area (Å²) in [7, 11) is 4.47. The van der Waals surface area contributed by atoms with Crippen molar-refractivity contribution in [3.8, 4) is 17.2 Å². The maximum absolute atomic E-state index is 13.6. The number of hydrogen-bond acceptors (Lipinski definition) is 6. The zero-order valence-corrected chi connectivity index (χ0v) is 16.7. The molecule has 0 radical (unpaired) electrons. The minimum Gasteiger partial charge on any atom is -0.493 e. The zero-order valence-electron chi connectivity index (χ0n) is 15.1. The molecule has 0 unspecified atom stereocenters. The monoisotopic (exact) mass is 423 g/mol. The smallest absolute Gasteiger partial charge is 0.270 e. The number of ether oxygens (including phenoxy) is 3. The number of carbonyl (C=O) groups is 1. The quantitative estimate of drug-likeness (QED) is 0.525. The van der Waals surface area contributed by atoms with Crippen molar-refractivity contribution in [3.63, 3.8) is 0 Å². The lowest BCUT2D eigenvalue weighted by Gasteiger charge is -2.14. The summed E-state index contributed by atoms with van der Waals surface area (Å²) in [6.07, 6.45) is 1.61. The van der Waals surface area contributed by atoms with E-state index in [0.29, 0.717) is 27.7 Å². The van der Waals surface area contributed by atoms with E-state index >= 15 is 0 Å². The van der Waals surface area contributed by atoms with Gasteiger partial charge in [0.15, 0.2) is 27.5 Å². The summed E-state index contributed by atoms with van der Waals surface area (Å²) < 4.78 is 42.8. The third-order valence-electron chi connectivity index (χ3n) is 3.94. The molecule has 3 rings (SSSR count). The van der Waals surface area contributed by atoms with Crippen molar-refractivity contribution in [1.82, 2.24) is 0 Å². The average Bonchev–Trinajstić information content (AvgIpc) is 2.96. The zero-order chi connectivity index (χ0) is 20.4. The lowest BCUT2D eigenvalue weighted by atomic mass is 10.1. The Morgan fingerprint density at radius 1 is 1.00 bits per heavy atom. The van der Waals surface area contributed by atoms with Crippen LogP contribution in [0.3, 0.4) is 0 Å². The first kappa shape index (κ1) is 20.1. The molecule has 146 valence electrons. The van der Waals surface area contributed by atoms with Crippen LogP contribution in [0, 0.1) is 11.6 Å². The Bertz CT molecular complexity index is 969. The van der Waals surface area contributed by atoms with E-state index in [0.717, 1.165) is 28.8 Å². The van der Waals surface area contributed by atoms with Crippen molar-refractivity contribution in [2.75, 3.05) is 26.2 Å². The van der Waals surface area contributed by atoms with Crippen molar-refractivity contribution < 1.29 is 27.8 Å². The van der Waals surface area contributed by atoms with Crippen molar-refractivity contribution >= 4 is 46.0 Å². The second-order valence-electron chi connectivity index (χ2n) is 5.57. The van der Waals surface area contributed by atoms with Gasteiger partial charge in [0.05, 0.1) is 31.9 Å². The number of carbonyl (C=O) groups excluding carboxylic acids is 1. The molecule has 0 aromatic heterocycles. The highest BCUT2D eigenvalue weighted by Gasteiger charge is 2.33. The van der Waals surface area contributed by atoms with Crippen molar-refractivity contribution in [2.45, 2.75) is 0 Å². The lowest BCUT2D eigenvalue weighted by Crippen LogP contribution is -2.27. The Balaban J connectivity index is 1.99. The van der Waals surface area contributed by atoms with E-state index in [1.54, 1.807) is 18.2 Å². The summed E-state index contributed by atoms with van der Waals surface area (Å²) in [5.41, 5.74) is 0.787. The standard InChI is InChI=1S/C19H15F2NO4S2/c1-24-14-6-10(7-15(25-2)17(14)26-3)8-16-18(23)22(19(27)28-16)11-4-5-12(20)13(21)9-11/h4-9H,1-3H3/b16-8+. The lowest BCUT2D eigenvalue weighted by molar-refractivity contribution is -0.113. The van der Waals surface area contributed by atoms with Crippen LogP contribution in [0.5, 0.6) is 17.2 Å². The number of thiocarbonyl (C=S) groups is 1. The minimum absolute atomic E-state index is 0.162. The van der Waals surface area contributed by atoms with Crippen molar-refractivity contribution in [2.24, 2.45) is 0 Å². The SMILES string of the molecule is COc1cc(/C=C2/SC(=S)N(c3ccc(F)c(F)c3)C2=O)cc(OC)c1OC. The predicted octanol–water partition coefficient (Wildman–Crippen LogP) is 4.40. The van der Waals surface area contributed by atoms with Gasteiger partial charge < -0.3 is 14.2 Å². The van der Waals surface area contributed by atoms with Gasteiger partial charge in [-0.05, 0) is 35.9 Å². The van der Waals surface area contributed by atoms with E-state index in [4.69, 9.17) is 26.4 Å². The second kappa shape index (κ2) is 8.15. The molecule has 0 bridgehead atoms. The maximum atomic E-state index is 13.6. The van der Waals surface area contributed by atoms with Crippen LogP contribution in [0.1, 0.15) is 5.56 Å². The van der Waals surface area contributed by atoms with Gasteiger partial charge in [-0.1, -0.05) is 24.0 Å². The van der Waals surface area contributed by atoms with Gasteiger partial charge in [-0.3, -0.25) is 9.69 Å². The molecule has 1 aliphatic rings. The molecule has 2 aromatic rings. The topological polar surface area (TPSA) is 48.0 Å². The first-order valence-corrected chi connectivity index (χ1v) is 9.15. The van der Waals surface area contributed by atoms with Gasteiger partial charge in [0.2, 0.25) is 5.75 Å². The molecule has 1 fully saturated rings. The number of methoxy groups -OCH3 is 3. The minimum atomic E-state index is -1.06. The fourth-order valence-electron chi connectivity index (χ4n) is 2.65. The first-order chi connectivity index (χ1) is 13.4. The molecule has 1 heterocycles. The van der Waals surface area contributed by atoms with E-state index in [1.807, 2.05) is 0 Å². The first-order valence-electron chi connectivity index (χ1n) is 7.92. The normalized spacial score (nSPS) is 15.3. The summed E-state index contributed by atoms with van der Waals surface area (Å²) in [5, 5.41) is 0. The van der Waals surface area contributed by atoms with E-state index in [-0.39, 0.29) is 10.0 Å². The number of rotatable bonds is 5. The molecule has 9 heteroatoms. The van der Waals surface area contributed by atoms with Crippen LogP contribution in [-0.2, 0) is 4.79 Å². The Morgan fingerprint density at radius 2 is 1.64 bits per heavy atom. The molecular weight excluding hydrogens is 408 g/mol. The van der Waals surface area contributed by atoms with Crippen LogP contribution < -0.4 is 19.1 Å². The van der Waals surface area contributed by atoms with Crippen molar-refractivity contribution in [3.05, 3.63) is 52.4 Å². The third-order valence-corrected chi connectivity index (χ3v) is 5.24. The van der Waals surface area contributed by atoms with Crippen LogP contribution in [0.25, 0.3) is 6.08 Å². The third kappa shape index (κ3) is 3.67. The largest absolute Gasteiger partial charge is 0.493 e. The number of halogens is 2. The molecule has 1 aliphatic heterocycles. The van der Waals surface area contributed by atoms with E-state index in [1.165, 1.54) is 27.4 Å². The highest BCUT2D eigenvalue weighted by atomic mass is 32.2. The van der Waals surface area contributed by atoms with Crippen LogP contribution in [0.4, 0.5) is 14.5 Å². The molecule has 2 aromatic carbocycles.